The number of aromatic nitrogens is 1. The second-order valence-electron chi connectivity index (χ2n) is 4.61. The molecule has 0 radical (unpaired) electrons. The van der Waals surface area contributed by atoms with Crippen LogP contribution in [-0.4, -0.2) is 23.8 Å². The molecule has 0 bridgehead atoms. The van der Waals surface area contributed by atoms with Crippen LogP contribution in [0.5, 0.6) is 0 Å². The van der Waals surface area contributed by atoms with Crippen LogP contribution in [0, 0.1) is 0 Å². The summed E-state index contributed by atoms with van der Waals surface area (Å²) in [5.74, 6) is -0.752. The van der Waals surface area contributed by atoms with E-state index in [1.54, 1.807) is 6.07 Å². The molecule has 0 aliphatic rings. The summed E-state index contributed by atoms with van der Waals surface area (Å²) in [6.45, 7) is 0. The van der Waals surface area contributed by atoms with Crippen molar-refractivity contribution >= 4 is 33.6 Å². The highest BCUT2D eigenvalue weighted by atomic mass is 16.5. The number of methoxy groups -OCH3 is 1. The smallest absolute Gasteiger partial charge is 0.313 e. The maximum absolute atomic E-state index is 12.0. The average Bonchev–Trinajstić information content (AvgIpc) is 2.84. The van der Waals surface area contributed by atoms with Crippen molar-refractivity contribution in [3.63, 3.8) is 0 Å². The first-order chi connectivity index (χ1) is 9.69. The van der Waals surface area contributed by atoms with Gasteiger partial charge in [0.05, 0.1) is 7.11 Å². The fourth-order valence-electron chi connectivity index (χ4n) is 2.33. The standard InChI is InChI=1S/C16H13NO3/c1-20-16(19)9-15(18)10-6-7-14-12(8-10)11-4-2-3-5-13(11)17-14/h2-8,17H,9H2,1H3. The number of rotatable bonds is 3. The Morgan fingerprint density at radius 3 is 2.60 bits per heavy atom. The molecule has 1 N–H and O–H groups in total. The molecule has 20 heavy (non-hydrogen) atoms. The molecular formula is C16H13NO3. The Bertz CT molecular complexity index is 817. The van der Waals surface area contributed by atoms with Crippen LogP contribution in [0.25, 0.3) is 21.8 Å². The Morgan fingerprint density at radius 1 is 1.05 bits per heavy atom. The summed E-state index contributed by atoms with van der Waals surface area (Å²) >= 11 is 0. The van der Waals surface area contributed by atoms with E-state index in [0.717, 1.165) is 21.8 Å². The molecule has 0 unspecified atom stereocenters. The normalized spacial score (nSPS) is 10.8. The number of nitrogens with one attached hydrogen (secondary N) is 1. The van der Waals surface area contributed by atoms with Crippen LogP contribution in [0.2, 0.25) is 0 Å². The van der Waals surface area contributed by atoms with Gasteiger partial charge in [0, 0.05) is 27.4 Å². The number of esters is 1. The zero-order valence-electron chi connectivity index (χ0n) is 11.0. The van der Waals surface area contributed by atoms with Crippen molar-refractivity contribution in [3.8, 4) is 0 Å². The van der Waals surface area contributed by atoms with Crippen LogP contribution in [0.15, 0.2) is 42.5 Å². The second-order valence-corrected chi connectivity index (χ2v) is 4.61. The number of ether oxygens (including phenoxy) is 1. The van der Waals surface area contributed by atoms with Crippen molar-refractivity contribution in [2.24, 2.45) is 0 Å². The third-order valence-electron chi connectivity index (χ3n) is 3.36. The third-order valence-corrected chi connectivity index (χ3v) is 3.36. The van der Waals surface area contributed by atoms with Crippen molar-refractivity contribution in [1.29, 1.82) is 0 Å². The maximum atomic E-state index is 12.0. The van der Waals surface area contributed by atoms with Gasteiger partial charge >= 0.3 is 5.97 Å². The maximum Gasteiger partial charge on any atom is 0.313 e. The molecular weight excluding hydrogens is 254 g/mol. The molecule has 0 atom stereocenters. The Labute approximate surface area is 115 Å². The van der Waals surface area contributed by atoms with Crippen LogP contribution in [0.4, 0.5) is 0 Å². The molecule has 3 rings (SSSR count). The highest BCUT2D eigenvalue weighted by molar-refractivity contribution is 6.12. The Balaban J connectivity index is 2.07. The van der Waals surface area contributed by atoms with Crippen LogP contribution in [0.1, 0.15) is 16.8 Å². The van der Waals surface area contributed by atoms with Gasteiger partial charge in [0.25, 0.3) is 0 Å². The molecule has 0 aliphatic carbocycles. The lowest BCUT2D eigenvalue weighted by molar-refractivity contribution is -0.139. The van der Waals surface area contributed by atoms with E-state index in [9.17, 15) is 9.59 Å². The van der Waals surface area contributed by atoms with E-state index < -0.39 is 5.97 Å². The van der Waals surface area contributed by atoms with Gasteiger partial charge in [-0.1, -0.05) is 18.2 Å². The van der Waals surface area contributed by atoms with Gasteiger partial charge in [-0.2, -0.15) is 0 Å². The SMILES string of the molecule is COC(=O)CC(=O)c1ccc2[nH]c3ccccc3c2c1. The van der Waals surface area contributed by atoms with Gasteiger partial charge in [-0.15, -0.1) is 0 Å². The number of carbonyl (C=O) groups is 2. The molecule has 0 fully saturated rings. The number of hydrogen-bond acceptors (Lipinski definition) is 3. The van der Waals surface area contributed by atoms with Crippen LogP contribution in [0.3, 0.4) is 0 Å². The lowest BCUT2D eigenvalue weighted by Gasteiger charge is -2.00. The fourth-order valence-corrected chi connectivity index (χ4v) is 2.33. The van der Waals surface area contributed by atoms with Crippen LogP contribution in [-0.2, 0) is 9.53 Å². The van der Waals surface area contributed by atoms with E-state index in [2.05, 4.69) is 9.72 Å². The molecule has 100 valence electrons. The van der Waals surface area contributed by atoms with Crippen molar-refractivity contribution in [2.45, 2.75) is 6.42 Å². The lowest BCUT2D eigenvalue weighted by Crippen LogP contribution is -2.09. The molecule has 4 nitrogen and oxygen atoms in total. The van der Waals surface area contributed by atoms with E-state index in [1.165, 1.54) is 7.11 Å². The lowest BCUT2D eigenvalue weighted by atomic mass is 10.0. The number of Topliss-reactive ketones (excluding diaryl/α,β-unsaturated/α-hetero) is 1. The predicted octanol–water partition coefficient (Wildman–Crippen LogP) is 3.07. The number of fused-ring (bicyclic) bond motifs is 3. The number of aromatic amines is 1. The Kier molecular flexibility index (Phi) is 2.99. The molecule has 0 saturated carbocycles. The van der Waals surface area contributed by atoms with Crippen molar-refractivity contribution in [2.75, 3.05) is 7.11 Å². The minimum Gasteiger partial charge on any atom is -0.469 e. The monoisotopic (exact) mass is 267 g/mol. The Hall–Kier alpha value is -2.62. The number of ketones is 1. The van der Waals surface area contributed by atoms with Crippen molar-refractivity contribution in [1.82, 2.24) is 4.98 Å². The molecule has 0 aliphatic heterocycles. The summed E-state index contributed by atoms with van der Waals surface area (Å²) in [5.41, 5.74) is 2.52. The van der Waals surface area contributed by atoms with Gasteiger partial charge in [0.15, 0.2) is 5.78 Å². The van der Waals surface area contributed by atoms with Gasteiger partial charge in [0.1, 0.15) is 6.42 Å². The first-order valence-corrected chi connectivity index (χ1v) is 6.29. The average molecular weight is 267 g/mol. The number of para-hydroxylation sites is 1. The molecule has 2 aromatic carbocycles. The fraction of sp³-hybridized carbons (Fsp3) is 0.125. The van der Waals surface area contributed by atoms with Gasteiger partial charge in [-0.3, -0.25) is 9.59 Å². The van der Waals surface area contributed by atoms with E-state index in [-0.39, 0.29) is 12.2 Å². The third kappa shape index (κ3) is 2.05. The summed E-state index contributed by atoms with van der Waals surface area (Å²) in [4.78, 5) is 26.5. The summed E-state index contributed by atoms with van der Waals surface area (Å²) in [6.07, 6.45) is -0.232. The topological polar surface area (TPSA) is 59.2 Å². The van der Waals surface area contributed by atoms with E-state index in [0.29, 0.717) is 5.56 Å². The second kappa shape index (κ2) is 4.81. The zero-order chi connectivity index (χ0) is 14.1. The van der Waals surface area contributed by atoms with Crippen molar-refractivity contribution < 1.29 is 14.3 Å². The zero-order valence-corrected chi connectivity index (χ0v) is 11.0. The molecule has 0 amide bonds. The van der Waals surface area contributed by atoms with E-state index in [4.69, 9.17) is 0 Å². The van der Waals surface area contributed by atoms with Crippen molar-refractivity contribution in [3.05, 3.63) is 48.0 Å². The molecule has 3 aromatic rings. The number of benzene rings is 2. The largest absolute Gasteiger partial charge is 0.469 e. The quantitative estimate of drug-likeness (QED) is 0.450. The van der Waals surface area contributed by atoms with Crippen LogP contribution < -0.4 is 0 Å². The highest BCUT2D eigenvalue weighted by Gasteiger charge is 2.13. The first kappa shape index (κ1) is 12.4. The summed E-state index contributed by atoms with van der Waals surface area (Å²) in [6, 6.07) is 13.3. The number of hydrogen-bond donors (Lipinski definition) is 1. The summed E-state index contributed by atoms with van der Waals surface area (Å²) < 4.78 is 4.52. The van der Waals surface area contributed by atoms with E-state index in [1.807, 2.05) is 36.4 Å². The predicted molar refractivity (Wildman–Crippen MR) is 76.8 cm³/mol. The minimum atomic E-state index is -0.519. The van der Waals surface area contributed by atoms with E-state index >= 15 is 0 Å². The number of H-pyrrole nitrogens is 1. The Morgan fingerprint density at radius 2 is 1.80 bits per heavy atom. The van der Waals surface area contributed by atoms with Crippen LogP contribution >= 0.6 is 0 Å². The van der Waals surface area contributed by atoms with Gasteiger partial charge in [0.2, 0.25) is 0 Å². The molecule has 0 spiro atoms. The molecule has 0 saturated heterocycles. The summed E-state index contributed by atoms with van der Waals surface area (Å²) in [7, 11) is 1.28. The molecule has 4 heteroatoms. The summed E-state index contributed by atoms with van der Waals surface area (Å²) in [5, 5.41) is 2.05. The van der Waals surface area contributed by atoms with Gasteiger partial charge in [-0.25, -0.2) is 0 Å². The number of carbonyl (C=O) groups excluding carboxylic acids is 2. The highest BCUT2D eigenvalue weighted by Crippen LogP contribution is 2.26. The molecule has 1 heterocycles. The van der Waals surface area contributed by atoms with Gasteiger partial charge in [-0.05, 0) is 24.3 Å². The minimum absolute atomic E-state index is 0.232. The van der Waals surface area contributed by atoms with Gasteiger partial charge < -0.3 is 9.72 Å². The molecule has 1 aromatic heterocycles. The first-order valence-electron chi connectivity index (χ1n) is 6.29.